The second-order valence-electron chi connectivity index (χ2n) is 19.1. The number of piperidine rings is 2. The van der Waals surface area contributed by atoms with Gasteiger partial charge in [-0.05, 0) is 68.2 Å². The summed E-state index contributed by atoms with van der Waals surface area (Å²) in [7, 11) is 0. The van der Waals surface area contributed by atoms with Crippen molar-refractivity contribution in [2.24, 2.45) is 0 Å². The van der Waals surface area contributed by atoms with Gasteiger partial charge in [-0.15, -0.1) is 0 Å². The number of carboxylic acids is 1. The first-order valence-electron chi connectivity index (χ1n) is 24.6. The van der Waals surface area contributed by atoms with E-state index in [1.54, 1.807) is 35.3 Å². The van der Waals surface area contributed by atoms with Crippen molar-refractivity contribution in [3.05, 3.63) is 139 Å². The zero-order valence-electron chi connectivity index (χ0n) is 39.8. The van der Waals surface area contributed by atoms with Gasteiger partial charge in [0, 0.05) is 75.4 Å². The molecular weight excluding hydrogens is 893 g/mol. The van der Waals surface area contributed by atoms with E-state index in [0.29, 0.717) is 72.0 Å². The Hall–Kier alpha value is -6.46. The van der Waals surface area contributed by atoms with Gasteiger partial charge in [-0.25, -0.2) is 14.8 Å². The van der Waals surface area contributed by atoms with Gasteiger partial charge in [0.15, 0.2) is 0 Å². The maximum atomic E-state index is 13.6. The van der Waals surface area contributed by atoms with E-state index in [1.165, 1.54) is 47.7 Å². The van der Waals surface area contributed by atoms with Gasteiger partial charge in [0.1, 0.15) is 23.3 Å². The van der Waals surface area contributed by atoms with E-state index in [4.69, 9.17) is 18.9 Å². The van der Waals surface area contributed by atoms with Crippen LogP contribution in [0.5, 0.6) is 11.8 Å². The molecule has 0 radical (unpaired) electrons. The molecule has 4 fully saturated rings. The van der Waals surface area contributed by atoms with Gasteiger partial charge < -0.3 is 48.9 Å². The number of fused-ring (bicyclic) bond motifs is 8. The van der Waals surface area contributed by atoms with Gasteiger partial charge in [0.05, 0.1) is 72.7 Å². The third-order valence-electron chi connectivity index (χ3n) is 14.6. The first-order chi connectivity index (χ1) is 33.6. The minimum Gasteiger partial charge on any atom is -0.477 e. The van der Waals surface area contributed by atoms with Crippen molar-refractivity contribution in [3.63, 3.8) is 0 Å². The molecular formula is C54H62N6O10. The fourth-order valence-corrected chi connectivity index (χ4v) is 11.1. The number of hydrogen-bond donors (Lipinski definition) is 2. The summed E-state index contributed by atoms with van der Waals surface area (Å²) in [5.74, 6) is -0.641. The van der Waals surface area contributed by atoms with E-state index >= 15 is 0 Å². The largest absolute Gasteiger partial charge is 0.477 e. The molecule has 4 aliphatic heterocycles. The number of pyridine rings is 4. The topological polar surface area (TPSA) is 208 Å². The molecule has 2 aliphatic carbocycles. The van der Waals surface area contributed by atoms with Crippen LogP contribution < -0.4 is 25.6 Å². The zero-order chi connectivity index (χ0) is 47.6. The van der Waals surface area contributed by atoms with Gasteiger partial charge in [0.25, 0.3) is 5.91 Å². The minimum atomic E-state index is -1.23. The molecule has 0 spiro atoms. The van der Waals surface area contributed by atoms with Crippen LogP contribution in [0.25, 0.3) is 21.8 Å². The number of morpholine rings is 2. The molecule has 0 saturated carbocycles. The summed E-state index contributed by atoms with van der Waals surface area (Å²) in [6, 6.07) is 21.3. The van der Waals surface area contributed by atoms with Crippen LogP contribution in [0.2, 0.25) is 0 Å². The van der Waals surface area contributed by atoms with E-state index in [0.717, 1.165) is 58.2 Å². The fraction of sp³-hybridized carbons (Fsp3) is 0.444. The highest BCUT2D eigenvalue weighted by atomic mass is 16.5. The van der Waals surface area contributed by atoms with E-state index < -0.39 is 11.4 Å². The third-order valence-corrected chi connectivity index (χ3v) is 14.6. The lowest BCUT2D eigenvalue weighted by Gasteiger charge is -2.45. The van der Waals surface area contributed by atoms with Crippen molar-refractivity contribution < 1.29 is 39.1 Å². The molecule has 4 saturated heterocycles. The number of ether oxygens (including phenoxy) is 4. The Morgan fingerprint density at radius 2 is 1.09 bits per heavy atom. The zero-order valence-corrected chi connectivity index (χ0v) is 39.8. The van der Waals surface area contributed by atoms with Gasteiger partial charge in [-0.3, -0.25) is 14.4 Å². The standard InChI is InChI=1S/C27H29N3O4.C20H18N2O4.C7H13NO.H2O/c1-2-29-14-23(27(32)30-19-8-5-9-20(30)16-33-15-19)26(31)22-12-25(28-13-24(22)29)34-21-10-17-6-3-4-7-18(17)11-21;1-2-22-11-16(20(24)25)19(23)15-9-18(21-10-17(15)22)26-14-7-12-5-3-4-6-13(12)8-14;1-2-6-4-9-5-7(3-1)8-6;/h3-4,6-7,12-14,19-21H,2,5,8-11,15-16H2,1H3;3-6,9-11,14H,2,7-8H2,1H3,(H,24,25);6-8H,1-5H2;1H2. The quantitative estimate of drug-likeness (QED) is 0.188. The smallest absolute Gasteiger partial charge is 0.341 e. The highest BCUT2D eigenvalue weighted by molar-refractivity contribution is 5.98. The Bertz CT molecular complexity index is 2920. The molecule has 8 heterocycles. The van der Waals surface area contributed by atoms with Gasteiger partial charge in [0.2, 0.25) is 22.6 Å². The van der Waals surface area contributed by atoms with Gasteiger partial charge in [-0.2, -0.15) is 0 Å². The number of nitrogens with one attached hydrogen (secondary N) is 1. The Balaban J connectivity index is 0.000000149. The Labute approximate surface area is 405 Å². The Morgan fingerprint density at radius 1 is 0.657 bits per heavy atom. The van der Waals surface area contributed by atoms with Gasteiger partial charge >= 0.3 is 5.97 Å². The lowest BCUT2D eigenvalue weighted by Crippen LogP contribution is -2.57. The summed E-state index contributed by atoms with van der Waals surface area (Å²) in [5, 5.41) is 13.6. The molecule has 4 aromatic heterocycles. The summed E-state index contributed by atoms with van der Waals surface area (Å²) in [6.07, 6.45) is 16.5. The molecule has 4 unspecified atom stereocenters. The number of nitrogens with zero attached hydrogens (tertiary/aromatic N) is 5. The number of rotatable bonds is 8. The number of aryl methyl sites for hydroxylation is 2. The molecule has 6 aliphatic rings. The first kappa shape index (κ1) is 48.6. The monoisotopic (exact) mass is 954 g/mol. The van der Waals surface area contributed by atoms with Crippen LogP contribution in [0.1, 0.15) is 95.3 Å². The van der Waals surface area contributed by atoms with Crippen molar-refractivity contribution in [3.8, 4) is 11.8 Å². The van der Waals surface area contributed by atoms with E-state index in [9.17, 15) is 24.3 Å². The average Bonchev–Trinajstić information content (AvgIpc) is 3.97. The number of aromatic carboxylic acids is 1. The van der Waals surface area contributed by atoms with Crippen LogP contribution >= 0.6 is 0 Å². The Kier molecular flexibility index (Phi) is 14.8. The minimum absolute atomic E-state index is 0. The third kappa shape index (κ3) is 10.1. The van der Waals surface area contributed by atoms with Crippen LogP contribution in [0.15, 0.2) is 95.0 Å². The number of carbonyl (C=O) groups is 2. The Morgan fingerprint density at radius 3 is 1.53 bits per heavy atom. The molecule has 368 valence electrons. The van der Waals surface area contributed by atoms with Crippen molar-refractivity contribution in [1.82, 2.24) is 29.3 Å². The molecule has 4 N–H and O–H groups in total. The molecule has 6 aromatic rings. The van der Waals surface area contributed by atoms with E-state index in [-0.39, 0.29) is 52.2 Å². The highest BCUT2D eigenvalue weighted by Crippen LogP contribution is 2.31. The average molecular weight is 955 g/mol. The molecule has 16 heteroatoms. The van der Waals surface area contributed by atoms with Crippen molar-refractivity contribution in [2.75, 3.05) is 26.4 Å². The molecule has 2 aromatic carbocycles. The number of hydrogen-bond acceptors (Lipinski definition) is 11. The number of aromatic nitrogens is 4. The molecule has 16 nitrogen and oxygen atoms in total. The number of benzene rings is 2. The van der Waals surface area contributed by atoms with Crippen molar-refractivity contribution in [1.29, 1.82) is 0 Å². The van der Waals surface area contributed by atoms with Crippen molar-refractivity contribution in [2.45, 2.75) is 128 Å². The highest BCUT2D eigenvalue weighted by Gasteiger charge is 2.39. The van der Waals surface area contributed by atoms with Crippen LogP contribution in [0.4, 0.5) is 0 Å². The predicted molar refractivity (Wildman–Crippen MR) is 264 cm³/mol. The molecule has 4 atom stereocenters. The molecule has 4 bridgehead atoms. The lowest BCUT2D eigenvalue weighted by atomic mass is 9.93. The molecule has 70 heavy (non-hydrogen) atoms. The van der Waals surface area contributed by atoms with Crippen molar-refractivity contribution >= 4 is 33.7 Å². The van der Waals surface area contributed by atoms with Crippen LogP contribution in [0, 0.1) is 0 Å². The normalized spacial score (nSPS) is 21.3. The number of carbonyl (C=O) groups excluding carboxylic acids is 1. The lowest BCUT2D eigenvalue weighted by molar-refractivity contribution is -0.0566. The summed E-state index contributed by atoms with van der Waals surface area (Å²) < 4.78 is 26.9. The first-order valence-corrected chi connectivity index (χ1v) is 24.6. The predicted octanol–water partition coefficient (Wildman–Crippen LogP) is 5.72. The van der Waals surface area contributed by atoms with Crippen LogP contribution in [-0.4, -0.2) is 109 Å². The SMILES string of the molecule is C1CC2COCC(C1)N2.CCn1cc(C(=O)N2C3CCCC2COC3)c(=O)c2cc(OC3Cc4ccccc4C3)ncc21.CCn1cc(C(=O)O)c(=O)c2cc(OC3Cc4ccccc4C3)ncc21.O. The van der Waals surface area contributed by atoms with E-state index in [2.05, 4.69) is 39.6 Å². The maximum Gasteiger partial charge on any atom is 0.341 e. The fourth-order valence-electron chi connectivity index (χ4n) is 11.1. The number of carboxylic acid groups (broad SMARTS) is 1. The van der Waals surface area contributed by atoms with Crippen LogP contribution in [-0.2, 0) is 48.2 Å². The summed E-state index contributed by atoms with van der Waals surface area (Å²) in [5.41, 5.74) is 5.65. The summed E-state index contributed by atoms with van der Waals surface area (Å²) in [4.78, 5) is 61.9. The van der Waals surface area contributed by atoms with Crippen LogP contribution in [0.3, 0.4) is 0 Å². The van der Waals surface area contributed by atoms with E-state index in [1.807, 2.05) is 47.6 Å². The maximum absolute atomic E-state index is 13.6. The summed E-state index contributed by atoms with van der Waals surface area (Å²) >= 11 is 0. The second-order valence-corrected chi connectivity index (χ2v) is 19.1. The molecule has 1 amide bonds. The second kappa shape index (κ2) is 21.3. The summed E-state index contributed by atoms with van der Waals surface area (Å²) in [6.45, 7) is 8.03. The van der Waals surface area contributed by atoms with Gasteiger partial charge in [-0.1, -0.05) is 55.0 Å². The number of amides is 1. The molecule has 12 rings (SSSR count).